The number of carbonyl (C=O) groups excluding carboxylic acids is 1. The fraction of sp³-hybridized carbons (Fsp3) is 0.0500. The molecule has 0 unspecified atom stereocenters. The van der Waals surface area contributed by atoms with Crippen LogP contribution in [0.15, 0.2) is 64.8 Å². The molecular formula is C20H13BrClN3OS. The fourth-order valence-corrected chi connectivity index (χ4v) is 3.52. The minimum atomic E-state index is -0.489. The molecule has 3 rings (SSSR count). The van der Waals surface area contributed by atoms with Crippen LogP contribution in [0, 0.1) is 11.3 Å². The van der Waals surface area contributed by atoms with Crippen molar-refractivity contribution in [3.63, 3.8) is 0 Å². The molecule has 0 saturated carbocycles. The van der Waals surface area contributed by atoms with Crippen LogP contribution >= 0.6 is 38.9 Å². The van der Waals surface area contributed by atoms with E-state index in [0.29, 0.717) is 10.2 Å². The van der Waals surface area contributed by atoms with Gasteiger partial charge in [0.2, 0.25) is 0 Å². The molecule has 0 saturated heterocycles. The summed E-state index contributed by atoms with van der Waals surface area (Å²) in [6, 6.07) is 16.9. The van der Waals surface area contributed by atoms with Gasteiger partial charge in [-0.1, -0.05) is 51.8 Å². The van der Waals surface area contributed by atoms with E-state index in [1.165, 1.54) is 17.4 Å². The summed E-state index contributed by atoms with van der Waals surface area (Å²) in [5, 5.41) is 13.0. The highest BCUT2D eigenvalue weighted by atomic mass is 79.9. The lowest BCUT2D eigenvalue weighted by Gasteiger charge is -2.01. The number of benzene rings is 2. The zero-order chi connectivity index (χ0) is 19.2. The van der Waals surface area contributed by atoms with Gasteiger partial charge in [-0.2, -0.15) is 5.26 Å². The highest BCUT2D eigenvalue weighted by molar-refractivity contribution is 9.10. The lowest BCUT2D eigenvalue weighted by Crippen LogP contribution is -2.13. The summed E-state index contributed by atoms with van der Waals surface area (Å²) in [5.41, 5.74) is 1.88. The van der Waals surface area contributed by atoms with Crippen LogP contribution in [0.3, 0.4) is 0 Å². The average molecular weight is 459 g/mol. The zero-order valence-corrected chi connectivity index (χ0v) is 17.1. The Kier molecular flexibility index (Phi) is 6.40. The Hall–Kier alpha value is -2.46. The summed E-state index contributed by atoms with van der Waals surface area (Å²) < 4.78 is 1.03. The van der Waals surface area contributed by atoms with Crippen molar-refractivity contribution in [3.05, 3.63) is 85.8 Å². The number of nitriles is 1. The van der Waals surface area contributed by atoms with Crippen molar-refractivity contribution in [1.82, 2.24) is 4.98 Å². The summed E-state index contributed by atoms with van der Waals surface area (Å²) in [7, 11) is 0. The molecule has 4 nitrogen and oxygen atoms in total. The summed E-state index contributed by atoms with van der Waals surface area (Å²) in [4.78, 5) is 17.6. The molecule has 0 aliphatic rings. The Balaban J connectivity index is 1.68. The first-order valence-electron chi connectivity index (χ1n) is 7.91. The van der Waals surface area contributed by atoms with Crippen molar-refractivity contribution in [3.8, 4) is 6.07 Å². The van der Waals surface area contributed by atoms with Crippen molar-refractivity contribution < 1.29 is 4.79 Å². The maximum atomic E-state index is 12.4. The number of thiazole rings is 1. The van der Waals surface area contributed by atoms with Gasteiger partial charge in [0, 0.05) is 27.0 Å². The normalized spacial score (nSPS) is 11.1. The van der Waals surface area contributed by atoms with Gasteiger partial charge in [0.25, 0.3) is 5.91 Å². The number of aromatic nitrogens is 1. The summed E-state index contributed by atoms with van der Waals surface area (Å²) in [6.07, 6.45) is 3.98. The number of nitrogens with zero attached hydrogens (tertiary/aromatic N) is 2. The van der Waals surface area contributed by atoms with Crippen LogP contribution in [-0.2, 0) is 11.2 Å². The molecule has 0 fully saturated rings. The zero-order valence-electron chi connectivity index (χ0n) is 13.9. The van der Waals surface area contributed by atoms with Crippen LogP contribution in [0.25, 0.3) is 6.08 Å². The Morgan fingerprint density at radius 3 is 2.59 bits per heavy atom. The van der Waals surface area contributed by atoms with Gasteiger partial charge >= 0.3 is 0 Å². The minimum absolute atomic E-state index is 0.00184. The molecule has 0 radical (unpaired) electrons. The molecule has 7 heteroatoms. The first-order chi connectivity index (χ1) is 13.0. The predicted octanol–water partition coefficient (Wildman–Crippen LogP) is 5.70. The smallest absolute Gasteiger partial charge is 0.268 e. The highest BCUT2D eigenvalue weighted by Gasteiger charge is 2.12. The first-order valence-corrected chi connectivity index (χ1v) is 9.90. The van der Waals surface area contributed by atoms with E-state index < -0.39 is 5.91 Å². The molecule has 1 aromatic heterocycles. The third-order valence-corrected chi connectivity index (χ3v) is 5.31. The van der Waals surface area contributed by atoms with Gasteiger partial charge < -0.3 is 0 Å². The standard InChI is InChI=1S/C20H13BrClN3OS/c21-16-5-1-14(2-6-16)10-18-12-24-20(27-18)25-19(26)15(11-23)9-13-3-7-17(22)8-4-13/h1-9,12H,10H2,(H,24,25,26)/b15-9+. The van der Waals surface area contributed by atoms with E-state index in [4.69, 9.17) is 11.6 Å². The molecule has 0 atom stereocenters. The highest BCUT2D eigenvalue weighted by Crippen LogP contribution is 2.23. The maximum absolute atomic E-state index is 12.4. The lowest BCUT2D eigenvalue weighted by molar-refractivity contribution is -0.112. The Bertz CT molecular complexity index is 1020. The fourth-order valence-electron chi connectivity index (χ4n) is 2.29. The molecular weight excluding hydrogens is 446 g/mol. The van der Waals surface area contributed by atoms with Crippen molar-refractivity contribution >= 4 is 56.0 Å². The second-order valence-electron chi connectivity index (χ2n) is 5.61. The minimum Gasteiger partial charge on any atom is -0.297 e. The number of hydrogen-bond acceptors (Lipinski definition) is 4. The number of rotatable bonds is 5. The van der Waals surface area contributed by atoms with Crippen LogP contribution < -0.4 is 5.32 Å². The number of halogens is 2. The van der Waals surface area contributed by atoms with Crippen LogP contribution in [0.1, 0.15) is 16.0 Å². The van der Waals surface area contributed by atoms with Crippen molar-refractivity contribution in [2.45, 2.75) is 6.42 Å². The first kappa shape index (κ1) is 19.3. The number of hydrogen-bond donors (Lipinski definition) is 1. The third-order valence-electron chi connectivity index (χ3n) is 3.61. The molecule has 1 heterocycles. The molecule has 0 spiro atoms. The Morgan fingerprint density at radius 2 is 1.93 bits per heavy atom. The van der Waals surface area contributed by atoms with Gasteiger partial charge in [0.05, 0.1) is 0 Å². The van der Waals surface area contributed by atoms with Gasteiger partial charge in [-0.15, -0.1) is 11.3 Å². The SMILES string of the molecule is N#C/C(=C\c1ccc(Cl)cc1)C(=O)Nc1ncc(Cc2ccc(Br)cc2)s1. The van der Waals surface area contributed by atoms with Crippen molar-refractivity contribution in [2.75, 3.05) is 5.32 Å². The number of amides is 1. The molecule has 27 heavy (non-hydrogen) atoms. The largest absolute Gasteiger partial charge is 0.297 e. The second kappa shape index (κ2) is 8.96. The average Bonchev–Trinajstić information content (AvgIpc) is 3.10. The Labute approximate surface area is 174 Å². The summed E-state index contributed by atoms with van der Waals surface area (Å²) in [6.45, 7) is 0. The third kappa shape index (κ3) is 5.51. The molecule has 134 valence electrons. The van der Waals surface area contributed by atoms with E-state index >= 15 is 0 Å². The van der Waals surface area contributed by atoms with E-state index in [2.05, 4.69) is 26.2 Å². The maximum Gasteiger partial charge on any atom is 0.268 e. The van der Waals surface area contributed by atoms with E-state index in [1.807, 2.05) is 30.3 Å². The van der Waals surface area contributed by atoms with E-state index in [0.717, 1.165) is 26.9 Å². The Morgan fingerprint density at radius 1 is 1.22 bits per heavy atom. The van der Waals surface area contributed by atoms with E-state index in [9.17, 15) is 10.1 Å². The van der Waals surface area contributed by atoms with Crippen molar-refractivity contribution in [2.24, 2.45) is 0 Å². The molecule has 0 aliphatic heterocycles. The van der Waals surface area contributed by atoms with Gasteiger partial charge in [-0.3, -0.25) is 10.1 Å². The second-order valence-corrected chi connectivity index (χ2v) is 8.08. The van der Waals surface area contributed by atoms with Gasteiger partial charge in [0.15, 0.2) is 5.13 Å². The number of carbonyl (C=O) groups is 1. The number of nitrogens with one attached hydrogen (secondary N) is 1. The van der Waals surface area contributed by atoms with Gasteiger partial charge in [0.1, 0.15) is 11.6 Å². The van der Waals surface area contributed by atoms with E-state index in [-0.39, 0.29) is 5.57 Å². The molecule has 0 bridgehead atoms. The molecule has 3 aromatic rings. The predicted molar refractivity (Wildman–Crippen MR) is 113 cm³/mol. The monoisotopic (exact) mass is 457 g/mol. The summed E-state index contributed by atoms with van der Waals surface area (Å²) >= 11 is 10.6. The molecule has 0 aliphatic carbocycles. The van der Waals surface area contributed by atoms with E-state index in [1.54, 1.807) is 30.5 Å². The van der Waals surface area contributed by atoms with Crippen LogP contribution in [0.4, 0.5) is 5.13 Å². The van der Waals surface area contributed by atoms with Crippen molar-refractivity contribution in [1.29, 1.82) is 5.26 Å². The van der Waals surface area contributed by atoms with Crippen LogP contribution in [0.2, 0.25) is 5.02 Å². The lowest BCUT2D eigenvalue weighted by atomic mass is 10.1. The quantitative estimate of drug-likeness (QED) is 0.394. The molecule has 2 aromatic carbocycles. The van der Waals surface area contributed by atoms with Crippen LogP contribution in [0.5, 0.6) is 0 Å². The topological polar surface area (TPSA) is 65.8 Å². The number of anilines is 1. The van der Waals surface area contributed by atoms with Gasteiger partial charge in [-0.05, 0) is 41.5 Å². The molecule has 1 N–H and O–H groups in total. The summed E-state index contributed by atoms with van der Waals surface area (Å²) in [5.74, 6) is -0.489. The van der Waals surface area contributed by atoms with Gasteiger partial charge in [-0.25, -0.2) is 4.98 Å². The molecule has 1 amide bonds. The van der Waals surface area contributed by atoms with Crippen LogP contribution in [-0.4, -0.2) is 10.9 Å².